The van der Waals surface area contributed by atoms with Crippen molar-refractivity contribution in [1.82, 2.24) is 0 Å². The molecule has 0 saturated heterocycles. The van der Waals surface area contributed by atoms with Crippen LogP contribution in [-0.2, 0) is 9.53 Å². The summed E-state index contributed by atoms with van der Waals surface area (Å²) < 4.78 is 16.2. The first kappa shape index (κ1) is 16.8. The zero-order valence-electron chi connectivity index (χ0n) is 14.1. The summed E-state index contributed by atoms with van der Waals surface area (Å²) in [6.45, 7) is 4.01. The second kappa shape index (κ2) is 7.25. The summed E-state index contributed by atoms with van der Waals surface area (Å²) in [5.74, 6) is 0.390. The van der Waals surface area contributed by atoms with Crippen LogP contribution in [-0.4, -0.2) is 31.2 Å². The van der Waals surface area contributed by atoms with Crippen LogP contribution in [0.3, 0.4) is 0 Å². The van der Waals surface area contributed by atoms with Crippen molar-refractivity contribution in [3.63, 3.8) is 0 Å². The third-order valence-electron chi connectivity index (χ3n) is 3.81. The van der Waals surface area contributed by atoms with Gasteiger partial charge in [-0.25, -0.2) is 4.79 Å². The number of esters is 1. The summed E-state index contributed by atoms with van der Waals surface area (Å²) >= 11 is 0. The van der Waals surface area contributed by atoms with E-state index in [9.17, 15) is 9.59 Å². The van der Waals surface area contributed by atoms with Gasteiger partial charge < -0.3 is 19.5 Å². The fourth-order valence-corrected chi connectivity index (χ4v) is 2.46. The maximum absolute atomic E-state index is 12.5. The van der Waals surface area contributed by atoms with Gasteiger partial charge in [0.1, 0.15) is 6.61 Å². The molecular formula is C19H19NO5. The van der Waals surface area contributed by atoms with Crippen LogP contribution in [0.1, 0.15) is 22.8 Å². The summed E-state index contributed by atoms with van der Waals surface area (Å²) in [5.41, 5.74) is 1.76. The van der Waals surface area contributed by atoms with Gasteiger partial charge in [0.15, 0.2) is 11.5 Å². The highest BCUT2D eigenvalue weighted by Crippen LogP contribution is 2.31. The predicted molar refractivity (Wildman–Crippen MR) is 92.1 cm³/mol. The van der Waals surface area contributed by atoms with Crippen molar-refractivity contribution in [3.05, 3.63) is 53.6 Å². The molecular weight excluding hydrogens is 322 g/mol. The molecule has 3 rings (SSSR count). The Bertz CT molecular complexity index is 802. The zero-order valence-corrected chi connectivity index (χ0v) is 14.1. The third kappa shape index (κ3) is 3.74. The molecule has 0 fully saturated rings. The van der Waals surface area contributed by atoms with Gasteiger partial charge in [-0.2, -0.15) is 0 Å². The average molecular weight is 341 g/mol. The van der Waals surface area contributed by atoms with Crippen molar-refractivity contribution in [3.8, 4) is 11.5 Å². The third-order valence-corrected chi connectivity index (χ3v) is 3.81. The van der Waals surface area contributed by atoms with Gasteiger partial charge in [0.25, 0.3) is 5.91 Å². The van der Waals surface area contributed by atoms with E-state index in [-0.39, 0.29) is 12.5 Å². The number of carbonyl (C=O) groups excluding carboxylic acids is 2. The van der Waals surface area contributed by atoms with Gasteiger partial charge in [0.05, 0.1) is 12.2 Å². The van der Waals surface area contributed by atoms with Gasteiger partial charge in [-0.15, -0.1) is 0 Å². The van der Waals surface area contributed by atoms with Crippen molar-refractivity contribution in [2.24, 2.45) is 0 Å². The van der Waals surface area contributed by atoms with Crippen LogP contribution >= 0.6 is 0 Å². The van der Waals surface area contributed by atoms with Crippen molar-refractivity contribution in [2.75, 3.05) is 18.5 Å². The van der Waals surface area contributed by atoms with Gasteiger partial charge in [-0.1, -0.05) is 18.2 Å². The van der Waals surface area contributed by atoms with E-state index in [0.29, 0.717) is 29.4 Å². The lowest BCUT2D eigenvalue weighted by Crippen LogP contribution is -2.40. The predicted octanol–water partition coefficient (Wildman–Crippen LogP) is 2.95. The highest BCUT2D eigenvalue weighted by Gasteiger charge is 2.27. The number of nitrogens with one attached hydrogen (secondary N) is 1. The fourth-order valence-electron chi connectivity index (χ4n) is 2.46. The Labute approximate surface area is 145 Å². The molecule has 0 aliphatic carbocycles. The Morgan fingerprint density at radius 2 is 1.96 bits per heavy atom. The number of aryl methyl sites for hydroxylation is 1. The molecule has 130 valence electrons. The van der Waals surface area contributed by atoms with Crippen LogP contribution in [0, 0.1) is 6.92 Å². The quantitative estimate of drug-likeness (QED) is 0.866. The molecule has 0 unspecified atom stereocenters. The van der Waals surface area contributed by atoms with E-state index in [1.807, 2.05) is 19.1 Å². The molecule has 1 amide bonds. The van der Waals surface area contributed by atoms with Crippen molar-refractivity contribution >= 4 is 17.6 Å². The molecule has 0 radical (unpaired) electrons. The van der Waals surface area contributed by atoms with Crippen molar-refractivity contribution < 1.29 is 23.8 Å². The Balaban J connectivity index is 1.73. The number of anilines is 1. The number of para-hydroxylation sites is 2. The average Bonchev–Trinajstić information content (AvgIpc) is 2.63. The molecule has 2 aromatic carbocycles. The number of ether oxygens (including phenoxy) is 3. The van der Waals surface area contributed by atoms with E-state index < -0.39 is 12.1 Å². The van der Waals surface area contributed by atoms with Crippen molar-refractivity contribution in [2.45, 2.75) is 20.0 Å². The molecule has 1 atom stereocenters. The lowest BCUT2D eigenvalue weighted by molar-refractivity contribution is -0.125. The zero-order chi connectivity index (χ0) is 17.8. The van der Waals surface area contributed by atoms with Crippen LogP contribution in [0.2, 0.25) is 0 Å². The maximum atomic E-state index is 12.5. The topological polar surface area (TPSA) is 73.9 Å². The minimum absolute atomic E-state index is 0.124. The first-order valence-corrected chi connectivity index (χ1v) is 8.05. The van der Waals surface area contributed by atoms with Crippen LogP contribution in [0.4, 0.5) is 5.69 Å². The molecule has 1 aliphatic rings. The van der Waals surface area contributed by atoms with E-state index in [4.69, 9.17) is 14.2 Å². The molecule has 2 aromatic rings. The van der Waals surface area contributed by atoms with E-state index in [0.717, 1.165) is 5.56 Å². The Hall–Kier alpha value is -3.02. The minimum Gasteiger partial charge on any atom is -0.485 e. The van der Waals surface area contributed by atoms with Crippen LogP contribution < -0.4 is 14.8 Å². The molecule has 0 saturated carbocycles. The number of hydrogen-bond acceptors (Lipinski definition) is 5. The number of hydrogen-bond donors (Lipinski definition) is 1. The van der Waals surface area contributed by atoms with Gasteiger partial charge >= 0.3 is 5.97 Å². The highest BCUT2D eigenvalue weighted by molar-refractivity contribution is 5.97. The molecule has 1 aliphatic heterocycles. The lowest BCUT2D eigenvalue weighted by Gasteiger charge is -2.25. The number of rotatable bonds is 4. The molecule has 1 N–H and O–H groups in total. The SMILES string of the molecule is CCOC(=O)c1ccc(C)c(NC(=O)[C@@H]2COc3ccccc3O2)c1. The number of fused-ring (bicyclic) bond motifs is 1. The Morgan fingerprint density at radius 1 is 1.20 bits per heavy atom. The van der Waals surface area contributed by atoms with Gasteiger partial charge in [0.2, 0.25) is 6.10 Å². The first-order chi connectivity index (χ1) is 12.1. The maximum Gasteiger partial charge on any atom is 0.338 e. The minimum atomic E-state index is -0.763. The largest absolute Gasteiger partial charge is 0.485 e. The standard InChI is InChI=1S/C19H19NO5/c1-3-23-19(22)13-9-8-12(2)14(10-13)20-18(21)17-11-24-15-6-4-5-7-16(15)25-17/h4-10,17H,3,11H2,1-2H3,(H,20,21)/t17-/m0/s1. The van der Waals surface area contributed by atoms with Crippen LogP contribution in [0.25, 0.3) is 0 Å². The number of amides is 1. The van der Waals surface area contributed by atoms with E-state index in [2.05, 4.69) is 5.32 Å². The normalized spacial score (nSPS) is 15.4. The lowest BCUT2D eigenvalue weighted by atomic mass is 10.1. The molecule has 25 heavy (non-hydrogen) atoms. The van der Waals surface area contributed by atoms with Crippen LogP contribution in [0.15, 0.2) is 42.5 Å². The smallest absolute Gasteiger partial charge is 0.338 e. The molecule has 6 nitrogen and oxygen atoms in total. The summed E-state index contributed by atoms with van der Waals surface area (Å²) in [4.78, 5) is 24.4. The summed E-state index contributed by atoms with van der Waals surface area (Å²) in [6.07, 6.45) is -0.763. The summed E-state index contributed by atoms with van der Waals surface area (Å²) in [7, 11) is 0. The molecule has 0 spiro atoms. The van der Waals surface area contributed by atoms with Gasteiger partial charge in [0, 0.05) is 5.69 Å². The first-order valence-electron chi connectivity index (χ1n) is 8.05. The summed E-state index contributed by atoms with van der Waals surface area (Å²) in [6, 6.07) is 12.2. The number of benzene rings is 2. The molecule has 0 bridgehead atoms. The second-order valence-electron chi connectivity index (χ2n) is 5.60. The van der Waals surface area contributed by atoms with Crippen LogP contribution in [0.5, 0.6) is 11.5 Å². The van der Waals surface area contributed by atoms with E-state index in [1.165, 1.54) is 0 Å². The second-order valence-corrected chi connectivity index (χ2v) is 5.60. The fraction of sp³-hybridized carbons (Fsp3) is 0.263. The number of carbonyl (C=O) groups is 2. The highest BCUT2D eigenvalue weighted by atomic mass is 16.6. The molecule has 0 aromatic heterocycles. The molecule has 6 heteroatoms. The Kier molecular flexibility index (Phi) is 4.88. The van der Waals surface area contributed by atoms with Gasteiger partial charge in [-0.3, -0.25) is 4.79 Å². The van der Waals surface area contributed by atoms with E-state index in [1.54, 1.807) is 37.3 Å². The molecule has 1 heterocycles. The van der Waals surface area contributed by atoms with E-state index >= 15 is 0 Å². The van der Waals surface area contributed by atoms with Gasteiger partial charge in [-0.05, 0) is 43.7 Å². The monoisotopic (exact) mass is 341 g/mol. The van der Waals surface area contributed by atoms with Crippen molar-refractivity contribution in [1.29, 1.82) is 0 Å². The summed E-state index contributed by atoms with van der Waals surface area (Å²) in [5, 5.41) is 2.80. The Morgan fingerprint density at radius 3 is 2.72 bits per heavy atom.